The molecule has 0 fully saturated rings. The van der Waals surface area contributed by atoms with Crippen LogP contribution >= 0.6 is 18.2 Å². The zero-order valence-corrected chi connectivity index (χ0v) is 9.51. The first-order chi connectivity index (χ1) is 6.48. The molecular weight excluding hydrogens is 229 g/mol. The topological polar surface area (TPSA) is 95.9 Å². The second kappa shape index (κ2) is 7.25. The lowest BCUT2D eigenvalue weighted by Gasteiger charge is -2.09. The summed E-state index contributed by atoms with van der Waals surface area (Å²) in [5.74, 6) is -0.921. The van der Waals surface area contributed by atoms with E-state index >= 15 is 0 Å². The van der Waals surface area contributed by atoms with E-state index in [-0.39, 0.29) is 18.8 Å². The maximum Gasteiger partial charge on any atom is 0.386 e. The summed E-state index contributed by atoms with van der Waals surface area (Å²) in [5.41, 5.74) is 0. The van der Waals surface area contributed by atoms with Crippen LogP contribution in [0, 0.1) is 0 Å². The van der Waals surface area contributed by atoms with Crippen molar-refractivity contribution in [3.8, 4) is 0 Å². The number of likely N-dealkylation sites (N-methyl/N-ethyl adjacent to an activating group) is 1. The zero-order valence-electron chi connectivity index (χ0n) is 7.80. The number of nitrogens with one attached hydrogen (secondary N) is 1. The molecule has 3 N–H and O–H groups in total. The molecule has 0 aromatic rings. The van der Waals surface area contributed by atoms with E-state index in [1.54, 1.807) is 7.05 Å². The number of hydrogen-bond donors (Lipinski definition) is 3. The van der Waals surface area contributed by atoms with Crippen LogP contribution in [0.5, 0.6) is 0 Å². The largest absolute Gasteiger partial charge is 0.481 e. The monoisotopic (exact) mass is 243 g/mol. The molecule has 0 aliphatic carbocycles. The molecule has 8 heteroatoms. The third-order valence-electron chi connectivity index (χ3n) is 1.18. The van der Waals surface area contributed by atoms with E-state index in [9.17, 15) is 9.36 Å². The van der Waals surface area contributed by atoms with E-state index < -0.39 is 12.8 Å². The highest BCUT2D eigenvalue weighted by molar-refractivity contribution is 8.54. The first kappa shape index (κ1) is 13.9. The Labute approximate surface area is 86.3 Å². The van der Waals surface area contributed by atoms with Crippen molar-refractivity contribution in [3.63, 3.8) is 0 Å². The fraction of sp³-hybridized carbons (Fsp3) is 0.833. The van der Waals surface area contributed by atoms with Gasteiger partial charge in [-0.15, -0.1) is 0 Å². The molecular formula is C6H14NO5PS. The SMILES string of the molecule is CNCCOP(=O)(O)SCCC(=O)O. The molecule has 0 aromatic carbocycles. The minimum Gasteiger partial charge on any atom is -0.481 e. The van der Waals surface area contributed by atoms with Gasteiger partial charge in [0.25, 0.3) is 0 Å². The first-order valence-corrected chi connectivity index (χ1v) is 7.13. The van der Waals surface area contributed by atoms with Gasteiger partial charge in [0.15, 0.2) is 0 Å². The quantitative estimate of drug-likeness (QED) is 0.422. The van der Waals surface area contributed by atoms with Gasteiger partial charge in [-0.2, -0.15) is 0 Å². The van der Waals surface area contributed by atoms with Crippen LogP contribution in [0.4, 0.5) is 0 Å². The third-order valence-corrected chi connectivity index (χ3v) is 4.24. The van der Waals surface area contributed by atoms with Crippen LogP contribution in [0.25, 0.3) is 0 Å². The first-order valence-electron chi connectivity index (χ1n) is 3.96. The Kier molecular flexibility index (Phi) is 7.22. The Hall–Kier alpha value is -0.0700. The molecule has 0 amide bonds. The molecule has 0 aliphatic rings. The molecule has 1 atom stereocenters. The highest BCUT2D eigenvalue weighted by Gasteiger charge is 2.19. The average molecular weight is 243 g/mol. The zero-order chi connectivity index (χ0) is 11.0. The van der Waals surface area contributed by atoms with E-state index in [1.807, 2.05) is 0 Å². The Morgan fingerprint density at radius 3 is 2.79 bits per heavy atom. The number of rotatable bonds is 8. The predicted molar refractivity (Wildman–Crippen MR) is 54.4 cm³/mol. The molecule has 0 aliphatic heterocycles. The summed E-state index contributed by atoms with van der Waals surface area (Å²) in [6.45, 7) is -3.06. The van der Waals surface area contributed by atoms with Gasteiger partial charge in [0.1, 0.15) is 0 Å². The van der Waals surface area contributed by atoms with Gasteiger partial charge in [-0.25, -0.2) is 4.57 Å². The van der Waals surface area contributed by atoms with E-state index in [4.69, 9.17) is 10.00 Å². The van der Waals surface area contributed by atoms with Crippen molar-refractivity contribution in [1.29, 1.82) is 0 Å². The lowest BCUT2D eigenvalue weighted by Crippen LogP contribution is -2.13. The summed E-state index contributed by atoms with van der Waals surface area (Å²) in [6, 6.07) is 0. The molecule has 0 bridgehead atoms. The molecule has 0 heterocycles. The van der Waals surface area contributed by atoms with Gasteiger partial charge < -0.3 is 15.3 Å². The summed E-state index contributed by atoms with van der Waals surface area (Å²) in [7, 11) is 1.70. The summed E-state index contributed by atoms with van der Waals surface area (Å²) >= 11 is 0.638. The normalized spacial score (nSPS) is 15.0. The maximum absolute atomic E-state index is 11.1. The van der Waals surface area contributed by atoms with Crippen molar-refractivity contribution in [2.75, 3.05) is 26.0 Å². The van der Waals surface area contributed by atoms with Gasteiger partial charge in [-0.05, 0) is 18.4 Å². The second-order valence-electron chi connectivity index (χ2n) is 2.38. The molecule has 84 valence electrons. The lowest BCUT2D eigenvalue weighted by molar-refractivity contribution is -0.136. The number of carbonyl (C=O) groups is 1. The van der Waals surface area contributed by atoms with Gasteiger partial charge in [0, 0.05) is 12.3 Å². The highest BCUT2D eigenvalue weighted by atomic mass is 32.7. The molecule has 0 rings (SSSR count). The van der Waals surface area contributed by atoms with Gasteiger partial charge >= 0.3 is 12.8 Å². The number of carboxylic acid groups (broad SMARTS) is 1. The fourth-order valence-corrected chi connectivity index (χ4v) is 2.86. The highest BCUT2D eigenvalue weighted by Crippen LogP contribution is 2.55. The summed E-state index contributed by atoms with van der Waals surface area (Å²) in [4.78, 5) is 19.2. The molecule has 6 nitrogen and oxygen atoms in total. The van der Waals surface area contributed by atoms with E-state index in [1.165, 1.54) is 0 Å². The standard InChI is InChI=1S/C6H14NO5PS/c1-7-3-4-12-13(10,11)14-5-2-6(8)9/h7H,2-5H2,1H3,(H,8,9)(H,10,11). The molecule has 0 spiro atoms. The molecule has 0 saturated heterocycles. The van der Waals surface area contributed by atoms with Crippen molar-refractivity contribution >= 4 is 24.1 Å². The van der Waals surface area contributed by atoms with Crippen LogP contribution in [0.2, 0.25) is 0 Å². The van der Waals surface area contributed by atoms with Crippen molar-refractivity contribution in [1.82, 2.24) is 5.32 Å². The van der Waals surface area contributed by atoms with E-state index in [2.05, 4.69) is 9.84 Å². The number of carboxylic acids is 1. The Bertz CT molecular complexity index is 224. The Morgan fingerprint density at radius 1 is 1.64 bits per heavy atom. The van der Waals surface area contributed by atoms with Gasteiger partial charge in [0.05, 0.1) is 13.0 Å². The maximum atomic E-state index is 11.1. The molecule has 0 saturated carbocycles. The smallest absolute Gasteiger partial charge is 0.386 e. The molecule has 0 radical (unpaired) electrons. The summed E-state index contributed by atoms with van der Waals surface area (Å²) in [6.07, 6.45) is -0.148. The second-order valence-corrected chi connectivity index (χ2v) is 6.40. The summed E-state index contributed by atoms with van der Waals surface area (Å²) in [5, 5.41) is 11.0. The van der Waals surface area contributed by atoms with Gasteiger partial charge in [0.2, 0.25) is 0 Å². The number of hydrogen-bond acceptors (Lipinski definition) is 5. The van der Waals surface area contributed by atoms with E-state index in [0.29, 0.717) is 17.9 Å². The molecule has 1 unspecified atom stereocenters. The average Bonchev–Trinajstić information content (AvgIpc) is 2.03. The fourth-order valence-electron chi connectivity index (χ4n) is 0.549. The predicted octanol–water partition coefficient (Wildman–Crippen LogP) is 0.531. The molecule has 0 aromatic heterocycles. The van der Waals surface area contributed by atoms with Gasteiger partial charge in [-0.3, -0.25) is 9.32 Å². The van der Waals surface area contributed by atoms with Crippen molar-refractivity contribution in [2.45, 2.75) is 6.42 Å². The van der Waals surface area contributed by atoms with Crippen LogP contribution in [0.3, 0.4) is 0 Å². The Morgan fingerprint density at radius 2 is 2.29 bits per heavy atom. The van der Waals surface area contributed by atoms with Gasteiger partial charge in [-0.1, -0.05) is 0 Å². The van der Waals surface area contributed by atoms with Crippen LogP contribution in [0.15, 0.2) is 0 Å². The van der Waals surface area contributed by atoms with Crippen molar-refractivity contribution in [3.05, 3.63) is 0 Å². The Balaban J connectivity index is 3.61. The minimum absolute atomic E-state index is 0.0721. The van der Waals surface area contributed by atoms with Crippen LogP contribution in [-0.4, -0.2) is 41.9 Å². The van der Waals surface area contributed by atoms with Crippen molar-refractivity contribution < 1.29 is 23.9 Å². The van der Waals surface area contributed by atoms with Crippen LogP contribution < -0.4 is 5.32 Å². The summed E-state index contributed by atoms with van der Waals surface area (Å²) < 4.78 is 15.8. The third kappa shape index (κ3) is 8.52. The van der Waals surface area contributed by atoms with E-state index in [0.717, 1.165) is 0 Å². The number of aliphatic carboxylic acids is 1. The lowest BCUT2D eigenvalue weighted by atomic mass is 10.5. The van der Waals surface area contributed by atoms with Crippen molar-refractivity contribution in [2.24, 2.45) is 0 Å². The van der Waals surface area contributed by atoms with Crippen LogP contribution in [0.1, 0.15) is 6.42 Å². The minimum atomic E-state index is -3.67. The van der Waals surface area contributed by atoms with Crippen LogP contribution in [-0.2, 0) is 13.9 Å². The molecule has 14 heavy (non-hydrogen) atoms.